The minimum Gasteiger partial charge on any atom is -0.469 e. The zero-order valence-electron chi connectivity index (χ0n) is 9.54. The van der Waals surface area contributed by atoms with E-state index in [4.69, 9.17) is 0 Å². The summed E-state index contributed by atoms with van der Waals surface area (Å²) in [6.07, 6.45) is 1.74. The molecule has 4 heteroatoms. The van der Waals surface area contributed by atoms with Gasteiger partial charge in [0.25, 0.3) is 0 Å². The molecule has 0 radical (unpaired) electrons. The van der Waals surface area contributed by atoms with Gasteiger partial charge in [0.05, 0.1) is 7.11 Å². The van der Waals surface area contributed by atoms with Crippen molar-refractivity contribution in [3.63, 3.8) is 0 Å². The van der Waals surface area contributed by atoms with Crippen LogP contribution in [0.1, 0.15) is 39.5 Å². The molecule has 0 bridgehead atoms. The fourth-order valence-corrected chi connectivity index (χ4v) is 1.39. The van der Waals surface area contributed by atoms with Crippen molar-refractivity contribution in [3.05, 3.63) is 0 Å². The largest absolute Gasteiger partial charge is 0.469 e. The van der Waals surface area contributed by atoms with E-state index >= 15 is 0 Å². The van der Waals surface area contributed by atoms with Crippen LogP contribution in [0.4, 0.5) is 0 Å². The van der Waals surface area contributed by atoms with Gasteiger partial charge in [-0.25, -0.2) is 0 Å². The Kier molecular flexibility index (Phi) is 6.58. The molecule has 0 N–H and O–H groups in total. The number of hydrogen-bond acceptors (Lipinski definition) is 4. The van der Waals surface area contributed by atoms with E-state index in [0.29, 0.717) is 19.3 Å². The molecular weight excluding hydrogens is 196 g/mol. The van der Waals surface area contributed by atoms with Gasteiger partial charge < -0.3 is 9.53 Å². The first-order valence-corrected chi connectivity index (χ1v) is 5.04. The van der Waals surface area contributed by atoms with Crippen LogP contribution in [0.3, 0.4) is 0 Å². The summed E-state index contributed by atoms with van der Waals surface area (Å²) in [5.74, 6) is -0.504. The molecule has 1 unspecified atom stereocenters. The van der Waals surface area contributed by atoms with Crippen molar-refractivity contribution in [3.8, 4) is 0 Å². The van der Waals surface area contributed by atoms with Crippen molar-refractivity contribution in [1.82, 2.24) is 0 Å². The maximum Gasteiger partial charge on any atom is 0.305 e. The fraction of sp³-hybridized carbons (Fsp3) is 0.727. The van der Waals surface area contributed by atoms with Crippen molar-refractivity contribution < 1.29 is 19.1 Å². The van der Waals surface area contributed by atoms with Gasteiger partial charge in [0.15, 0.2) is 0 Å². The maximum absolute atomic E-state index is 11.2. The molecule has 0 spiro atoms. The van der Waals surface area contributed by atoms with E-state index in [-0.39, 0.29) is 29.9 Å². The second-order valence-electron chi connectivity index (χ2n) is 3.68. The number of hydrogen-bond donors (Lipinski definition) is 0. The topological polar surface area (TPSA) is 60.4 Å². The Morgan fingerprint density at radius 2 is 1.80 bits per heavy atom. The van der Waals surface area contributed by atoms with E-state index in [0.717, 1.165) is 0 Å². The first-order chi connectivity index (χ1) is 6.97. The van der Waals surface area contributed by atoms with Gasteiger partial charge in [-0.1, -0.05) is 0 Å². The molecule has 86 valence electrons. The highest BCUT2D eigenvalue weighted by atomic mass is 16.5. The number of ether oxygens (including phenoxy) is 1. The number of esters is 1. The van der Waals surface area contributed by atoms with Crippen LogP contribution in [-0.2, 0) is 19.1 Å². The van der Waals surface area contributed by atoms with Crippen LogP contribution in [0.25, 0.3) is 0 Å². The van der Waals surface area contributed by atoms with E-state index in [1.165, 1.54) is 21.0 Å². The quantitative estimate of drug-likeness (QED) is 0.603. The summed E-state index contributed by atoms with van der Waals surface area (Å²) >= 11 is 0. The molecule has 0 saturated heterocycles. The molecule has 0 aliphatic carbocycles. The predicted octanol–water partition coefficient (Wildman–Crippen LogP) is 1.51. The third-order valence-corrected chi connectivity index (χ3v) is 2.27. The van der Waals surface area contributed by atoms with Crippen LogP contribution >= 0.6 is 0 Å². The number of Topliss-reactive ketones (excluding diaryl/α,β-unsaturated/α-hetero) is 2. The van der Waals surface area contributed by atoms with E-state index in [1.54, 1.807) is 0 Å². The lowest BCUT2D eigenvalue weighted by molar-refractivity contribution is -0.141. The molecule has 0 heterocycles. The van der Waals surface area contributed by atoms with Crippen molar-refractivity contribution >= 4 is 17.5 Å². The van der Waals surface area contributed by atoms with E-state index < -0.39 is 0 Å². The van der Waals surface area contributed by atoms with Gasteiger partial charge in [-0.3, -0.25) is 9.59 Å². The Morgan fingerprint density at radius 3 is 2.20 bits per heavy atom. The summed E-state index contributed by atoms with van der Waals surface area (Å²) in [5, 5.41) is 0. The lowest BCUT2D eigenvalue weighted by Gasteiger charge is -2.10. The van der Waals surface area contributed by atoms with E-state index in [9.17, 15) is 14.4 Å². The van der Waals surface area contributed by atoms with Gasteiger partial charge in [0, 0.05) is 18.8 Å². The zero-order chi connectivity index (χ0) is 11.8. The SMILES string of the molecule is COC(=O)CCCC(CC(C)=O)C(C)=O. The number of methoxy groups -OCH3 is 1. The lowest BCUT2D eigenvalue weighted by atomic mass is 9.93. The molecular formula is C11H18O4. The van der Waals surface area contributed by atoms with Crippen LogP contribution in [0.15, 0.2) is 0 Å². The highest BCUT2D eigenvalue weighted by Crippen LogP contribution is 2.14. The summed E-state index contributed by atoms with van der Waals surface area (Å²) in [6, 6.07) is 0. The van der Waals surface area contributed by atoms with Gasteiger partial charge in [-0.05, 0) is 26.7 Å². The molecule has 0 aromatic carbocycles. The van der Waals surface area contributed by atoms with Gasteiger partial charge in [0.2, 0.25) is 0 Å². The van der Waals surface area contributed by atoms with Crippen LogP contribution in [0.2, 0.25) is 0 Å². The summed E-state index contributed by atoms with van der Waals surface area (Å²) in [5.41, 5.74) is 0. The molecule has 0 aliphatic rings. The standard InChI is InChI=1S/C11H18O4/c1-8(12)7-10(9(2)13)5-4-6-11(14)15-3/h10H,4-7H2,1-3H3. The maximum atomic E-state index is 11.2. The zero-order valence-corrected chi connectivity index (χ0v) is 9.54. The van der Waals surface area contributed by atoms with Gasteiger partial charge in [-0.2, -0.15) is 0 Å². The van der Waals surface area contributed by atoms with Crippen molar-refractivity contribution in [2.75, 3.05) is 7.11 Å². The smallest absolute Gasteiger partial charge is 0.305 e. The fourth-order valence-electron chi connectivity index (χ4n) is 1.39. The number of ketones is 2. The van der Waals surface area contributed by atoms with Crippen molar-refractivity contribution in [2.45, 2.75) is 39.5 Å². The average Bonchev–Trinajstić information content (AvgIpc) is 2.15. The Balaban J connectivity index is 3.91. The molecule has 0 aliphatic heterocycles. The summed E-state index contributed by atoms with van der Waals surface area (Å²) in [7, 11) is 1.33. The van der Waals surface area contributed by atoms with Gasteiger partial charge >= 0.3 is 5.97 Å². The first-order valence-electron chi connectivity index (χ1n) is 5.04. The van der Waals surface area contributed by atoms with Crippen LogP contribution < -0.4 is 0 Å². The Labute approximate surface area is 90.0 Å². The molecule has 0 aromatic heterocycles. The minimum atomic E-state index is -0.278. The van der Waals surface area contributed by atoms with Crippen LogP contribution in [0.5, 0.6) is 0 Å². The minimum absolute atomic E-state index is 0.00766. The summed E-state index contributed by atoms with van der Waals surface area (Å²) in [6.45, 7) is 2.95. The lowest BCUT2D eigenvalue weighted by Crippen LogP contribution is -2.15. The van der Waals surface area contributed by atoms with Crippen LogP contribution in [0, 0.1) is 5.92 Å². The molecule has 4 nitrogen and oxygen atoms in total. The highest BCUT2D eigenvalue weighted by molar-refractivity contribution is 5.85. The molecule has 0 amide bonds. The molecule has 1 atom stereocenters. The monoisotopic (exact) mass is 214 g/mol. The Morgan fingerprint density at radius 1 is 1.20 bits per heavy atom. The Hall–Kier alpha value is -1.19. The van der Waals surface area contributed by atoms with E-state index in [1.807, 2.05) is 0 Å². The third kappa shape index (κ3) is 6.82. The normalized spacial score (nSPS) is 11.9. The average molecular weight is 214 g/mol. The van der Waals surface area contributed by atoms with Gasteiger partial charge in [-0.15, -0.1) is 0 Å². The number of rotatable bonds is 7. The molecule has 0 aromatic rings. The Bertz CT molecular complexity index is 245. The third-order valence-electron chi connectivity index (χ3n) is 2.27. The molecule has 0 saturated carbocycles. The highest BCUT2D eigenvalue weighted by Gasteiger charge is 2.16. The first kappa shape index (κ1) is 13.8. The van der Waals surface area contributed by atoms with Crippen molar-refractivity contribution in [1.29, 1.82) is 0 Å². The number of carbonyl (C=O) groups is 3. The second kappa shape index (κ2) is 7.15. The summed E-state index contributed by atoms with van der Waals surface area (Å²) < 4.78 is 4.48. The van der Waals surface area contributed by atoms with Crippen LogP contribution in [-0.4, -0.2) is 24.6 Å². The molecule has 0 fully saturated rings. The van der Waals surface area contributed by atoms with E-state index in [2.05, 4.69) is 4.74 Å². The van der Waals surface area contributed by atoms with Gasteiger partial charge in [0.1, 0.15) is 11.6 Å². The summed E-state index contributed by atoms with van der Waals surface area (Å²) in [4.78, 5) is 32.8. The molecule has 15 heavy (non-hydrogen) atoms. The number of carbonyl (C=O) groups excluding carboxylic acids is 3. The second-order valence-corrected chi connectivity index (χ2v) is 3.68. The predicted molar refractivity (Wildman–Crippen MR) is 55.3 cm³/mol. The molecule has 0 rings (SSSR count). The van der Waals surface area contributed by atoms with Crippen molar-refractivity contribution in [2.24, 2.45) is 5.92 Å².